The third-order valence-electron chi connectivity index (χ3n) is 2.39. The molecule has 0 saturated heterocycles. The van der Waals surface area contributed by atoms with Crippen molar-refractivity contribution < 1.29 is 9.18 Å². The van der Waals surface area contributed by atoms with Gasteiger partial charge in [-0.3, -0.25) is 4.79 Å². The number of carbonyl (C=O) groups is 1. The van der Waals surface area contributed by atoms with Gasteiger partial charge in [-0.05, 0) is 30.3 Å². The molecule has 92 valence electrons. The van der Waals surface area contributed by atoms with Crippen LogP contribution in [0.25, 0.3) is 0 Å². The number of benzene rings is 2. The average Bonchev–Trinajstić information content (AvgIpc) is 2.35. The zero-order chi connectivity index (χ0) is 13.1. The number of hydrogen-bond donors (Lipinski definition) is 2. The molecule has 2 aromatic carbocycles. The first-order valence-corrected chi connectivity index (χ1v) is 5.56. The van der Waals surface area contributed by atoms with E-state index in [0.717, 1.165) is 6.07 Å². The molecule has 0 atom stereocenters. The zero-order valence-corrected chi connectivity index (χ0v) is 10.0. The Balaban J connectivity index is 2.22. The van der Waals surface area contributed by atoms with Crippen LogP contribution in [-0.2, 0) is 0 Å². The second-order valence-corrected chi connectivity index (χ2v) is 4.08. The lowest BCUT2D eigenvalue weighted by Gasteiger charge is -2.08. The number of nitrogen functional groups attached to an aromatic ring is 1. The standard InChI is InChI=1S/C13H10ClFN2O/c14-9-7-8(5-6-10(9)15)13(18)17-12-4-2-1-3-11(12)16/h1-7H,16H2,(H,17,18). The van der Waals surface area contributed by atoms with Gasteiger partial charge in [0.2, 0.25) is 0 Å². The summed E-state index contributed by atoms with van der Waals surface area (Å²) in [7, 11) is 0. The molecule has 1 amide bonds. The zero-order valence-electron chi connectivity index (χ0n) is 9.28. The lowest BCUT2D eigenvalue weighted by Crippen LogP contribution is -2.13. The number of anilines is 2. The van der Waals surface area contributed by atoms with Gasteiger partial charge in [-0.15, -0.1) is 0 Å². The highest BCUT2D eigenvalue weighted by atomic mass is 35.5. The van der Waals surface area contributed by atoms with Gasteiger partial charge >= 0.3 is 0 Å². The summed E-state index contributed by atoms with van der Waals surface area (Å²) in [5.41, 5.74) is 6.93. The van der Waals surface area contributed by atoms with E-state index < -0.39 is 11.7 Å². The number of nitrogens with two attached hydrogens (primary N) is 1. The maximum absolute atomic E-state index is 13.0. The molecule has 0 aliphatic rings. The number of rotatable bonds is 2. The Labute approximate surface area is 108 Å². The summed E-state index contributed by atoms with van der Waals surface area (Å²) in [5, 5.41) is 2.53. The van der Waals surface area contributed by atoms with Crippen LogP contribution in [-0.4, -0.2) is 5.91 Å². The van der Waals surface area contributed by atoms with Gasteiger partial charge in [0.05, 0.1) is 16.4 Å². The summed E-state index contributed by atoms with van der Waals surface area (Å²) >= 11 is 5.61. The minimum absolute atomic E-state index is 0.0938. The molecule has 0 aliphatic carbocycles. The number of carbonyl (C=O) groups excluding carboxylic acids is 1. The maximum atomic E-state index is 13.0. The average molecular weight is 265 g/mol. The van der Waals surface area contributed by atoms with E-state index in [1.54, 1.807) is 24.3 Å². The first-order chi connectivity index (χ1) is 8.58. The van der Waals surface area contributed by atoms with E-state index in [1.165, 1.54) is 12.1 Å². The smallest absolute Gasteiger partial charge is 0.255 e. The van der Waals surface area contributed by atoms with Gasteiger partial charge in [-0.1, -0.05) is 23.7 Å². The molecular formula is C13H10ClFN2O. The van der Waals surface area contributed by atoms with Gasteiger partial charge in [0, 0.05) is 5.56 Å². The summed E-state index contributed by atoms with van der Waals surface area (Å²) in [6.45, 7) is 0. The predicted molar refractivity (Wildman–Crippen MR) is 70.2 cm³/mol. The molecule has 0 aromatic heterocycles. The number of para-hydroxylation sites is 2. The molecule has 0 saturated carbocycles. The van der Waals surface area contributed by atoms with Crippen molar-refractivity contribution in [3.05, 3.63) is 58.9 Å². The van der Waals surface area contributed by atoms with Gasteiger partial charge in [0.15, 0.2) is 0 Å². The molecule has 3 nitrogen and oxygen atoms in total. The molecule has 0 heterocycles. The number of amides is 1. The van der Waals surface area contributed by atoms with Crippen molar-refractivity contribution in [3.8, 4) is 0 Å². The van der Waals surface area contributed by atoms with E-state index in [2.05, 4.69) is 5.32 Å². The second kappa shape index (κ2) is 5.06. The van der Waals surface area contributed by atoms with E-state index in [0.29, 0.717) is 11.4 Å². The van der Waals surface area contributed by atoms with Crippen LogP contribution in [0.15, 0.2) is 42.5 Å². The fraction of sp³-hybridized carbons (Fsp3) is 0. The molecule has 0 bridgehead atoms. The summed E-state index contributed by atoms with van der Waals surface area (Å²) in [6, 6.07) is 10.6. The SMILES string of the molecule is Nc1ccccc1NC(=O)c1ccc(F)c(Cl)c1. The topological polar surface area (TPSA) is 55.1 Å². The Morgan fingerprint density at radius 3 is 2.61 bits per heavy atom. The summed E-state index contributed by atoms with van der Waals surface area (Å²) < 4.78 is 13.0. The van der Waals surface area contributed by atoms with Crippen LogP contribution in [0, 0.1) is 5.82 Å². The number of hydrogen-bond acceptors (Lipinski definition) is 2. The van der Waals surface area contributed by atoms with Crippen LogP contribution >= 0.6 is 11.6 Å². The number of nitrogens with one attached hydrogen (secondary N) is 1. The molecule has 0 radical (unpaired) electrons. The molecule has 2 rings (SSSR count). The molecule has 5 heteroatoms. The highest BCUT2D eigenvalue weighted by Crippen LogP contribution is 2.20. The molecule has 0 fully saturated rings. The third-order valence-corrected chi connectivity index (χ3v) is 2.68. The highest BCUT2D eigenvalue weighted by Gasteiger charge is 2.10. The molecule has 3 N–H and O–H groups in total. The van der Waals surface area contributed by atoms with Crippen molar-refractivity contribution in [3.63, 3.8) is 0 Å². The van der Waals surface area contributed by atoms with E-state index in [9.17, 15) is 9.18 Å². The summed E-state index contributed by atoms with van der Waals surface area (Å²) in [6.07, 6.45) is 0. The second-order valence-electron chi connectivity index (χ2n) is 3.67. The van der Waals surface area contributed by atoms with Crippen molar-refractivity contribution in [2.45, 2.75) is 0 Å². The van der Waals surface area contributed by atoms with E-state index in [4.69, 9.17) is 17.3 Å². The van der Waals surface area contributed by atoms with Crippen LogP contribution in [0.4, 0.5) is 15.8 Å². The monoisotopic (exact) mass is 264 g/mol. The van der Waals surface area contributed by atoms with Crippen LogP contribution in [0.5, 0.6) is 0 Å². The van der Waals surface area contributed by atoms with Crippen molar-refractivity contribution in [2.24, 2.45) is 0 Å². The van der Waals surface area contributed by atoms with Crippen molar-refractivity contribution in [2.75, 3.05) is 11.1 Å². The van der Waals surface area contributed by atoms with E-state index in [-0.39, 0.29) is 10.6 Å². The Morgan fingerprint density at radius 2 is 1.94 bits per heavy atom. The molecule has 0 aliphatic heterocycles. The minimum Gasteiger partial charge on any atom is -0.397 e. The predicted octanol–water partition coefficient (Wildman–Crippen LogP) is 3.31. The van der Waals surface area contributed by atoms with Gasteiger partial charge < -0.3 is 11.1 Å². The first-order valence-electron chi connectivity index (χ1n) is 5.19. The molecule has 18 heavy (non-hydrogen) atoms. The maximum Gasteiger partial charge on any atom is 0.255 e. The Morgan fingerprint density at radius 1 is 1.22 bits per heavy atom. The van der Waals surface area contributed by atoms with Crippen LogP contribution in [0.1, 0.15) is 10.4 Å². The lowest BCUT2D eigenvalue weighted by molar-refractivity contribution is 0.102. The molecule has 0 unspecified atom stereocenters. The van der Waals surface area contributed by atoms with Gasteiger partial charge in [0.25, 0.3) is 5.91 Å². The molecule has 0 spiro atoms. The van der Waals surface area contributed by atoms with Crippen molar-refractivity contribution in [1.29, 1.82) is 0 Å². The van der Waals surface area contributed by atoms with Crippen LogP contribution < -0.4 is 11.1 Å². The number of halogens is 2. The van der Waals surface area contributed by atoms with E-state index in [1.807, 2.05) is 0 Å². The minimum atomic E-state index is -0.563. The van der Waals surface area contributed by atoms with Crippen LogP contribution in [0.2, 0.25) is 5.02 Å². The first kappa shape index (κ1) is 12.4. The van der Waals surface area contributed by atoms with Crippen LogP contribution in [0.3, 0.4) is 0 Å². The molecular weight excluding hydrogens is 255 g/mol. The lowest BCUT2D eigenvalue weighted by atomic mass is 10.2. The summed E-state index contributed by atoms with van der Waals surface area (Å²) in [4.78, 5) is 11.9. The molecule has 2 aromatic rings. The van der Waals surface area contributed by atoms with E-state index >= 15 is 0 Å². The Kier molecular flexibility index (Phi) is 3.48. The van der Waals surface area contributed by atoms with Crippen molar-refractivity contribution in [1.82, 2.24) is 0 Å². The fourth-order valence-electron chi connectivity index (χ4n) is 1.44. The Bertz CT molecular complexity index is 601. The van der Waals surface area contributed by atoms with Crippen molar-refractivity contribution >= 4 is 28.9 Å². The van der Waals surface area contributed by atoms with Gasteiger partial charge in [-0.25, -0.2) is 4.39 Å². The Hall–Kier alpha value is -2.07. The highest BCUT2D eigenvalue weighted by molar-refractivity contribution is 6.31. The largest absolute Gasteiger partial charge is 0.397 e. The fourth-order valence-corrected chi connectivity index (χ4v) is 1.62. The van der Waals surface area contributed by atoms with Gasteiger partial charge in [-0.2, -0.15) is 0 Å². The van der Waals surface area contributed by atoms with Gasteiger partial charge in [0.1, 0.15) is 5.82 Å². The third kappa shape index (κ3) is 2.60. The quantitative estimate of drug-likeness (QED) is 0.818. The summed E-state index contributed by atoms with van der Waals surface area (Å²) in [5.74, 6) is -0.956. The normalized spacial score (nSPS) is 10.1.